The van der Waals surface area contributed by atoms with E-state index in [0.717, 1.165) is 13.1 Å². The maximum Gasteiger partial charge on any atom is 0.280 e. The predicted octanol–water partition coefficient (Wildman–Crippen LogP) is 1.62. The Morgan fingerprint density at radius 3 is 3.08 bits per heavy atom. The van der Waals surface area contributed by atoms with Crippen LogP contribution in [-0.4, -0.2) is 34.5 Å². The third kappa shape index (κ3) is 2.90. The van der Waals surface area contributed by atoms with Crippen LogP contribution in [-0.2, 0) is 0 Å². The van der Waals surface area contributed by atoms with Gasteiger partial charge in [-0.05, 0) is 25.9 Å². The summed E-state index contributed by atoms with van der Waals surface area (Å²) >= 11 is 1.78. The van der Waals surface area contributed by atoms with Gasteiger partial charge in [-0.1, -0.05) is 6.92 Å². The van der Waals surface area contributed by atoms with Crippen molar-refractivity contribution in [1.29, 1.82) is 0 Å². The fourth-order valence-corrected chi connectivity index (χ4v) is 1.96. The standard InChI is InChI=1S/C8H15IN2O/c1-2-11-5-3-4-7(11)6-10-8(9)12/h7H,2-6H2,1H3,(H,10,12). The number of rotatable bonds is 3. The van der Waals surface area contributed by atoms with Gasteiger partial charge in [0.15, 0.2) is 0 Å². The number of likely N-dealkylation sites (N-methyl/N-ethyl adjacent to an activating group) is 1. The van der Waals surface area contributed by atoms with E-state index in [9.17, 15) is 4.79 Å². The minimum atomic E-state index is 0.0514. The maximum atomic E-state index is 10.7. The summed E-state index contributed by atoms with van der Waals surface area (Å²) in [7, 11) is 0. The van der Waals surface area contributed by atoms with E-state index in [2.05, 4.69) is 17.1 Å². The van der Waals surface area contributed by atoms with E-state index in [1.165, 1.54) is 19.4 Å². The molecule has 1 atom stereocenters. The van der Waals surface area contributed by atoms with Gasteiger partial charge in [0.2, 0.25) is 0 Å². The van der Waals surface area contributed by atoms with Gasteiger partial charge in [-0.25, -0.2) is 0 Å². The fraction of sp³-hybridized carbons (Fsp3) is 0.875. The van der Waals surface area contributed by atoms with Gasteiger partial charge in [0.1, 0.15) is 0 Å². The Labute approximate surface area is 87.0 Å². The van der Waals surface area contributed by atoms with E-state index in [1.807, 2.05) is 0 Å². The molecule has 1 rings (SSSR count). The minimum absolute atomic E-state index is 0.0514. The van der Waals surface area contributed by atoms with Crippen molar-refractivity contribution in [3.8, 4) is 0 Å². The van der Waals surface area contributed by atoms with Crippen LogP contribution in [0.25, 0.3) is 0 Å². The van der Waals surface area contributed by atoms with Crippen molar-refractivity contribution in [3.05, 3.63) is 0 Å². The number of nitrogens with zero attached hydrogens (tertiary/aromatic N) is 1. The molecule has 1 N–H and O–H groups in total. The van der Waals surface area contributed by atoms with E-state index in [1.54, 1.807) is 22.6 Å². The SMILES string of the molecule is CCN1CCCC1CNC(=O)I. The Morgan fingerprint density at radius 2 is 2.50 bits per heavy atom. The molecular formula is C8H15IN2O. The molecule has 1 heterocycles. The van der Waals surface area contributed by atoms with Gasteiger partial charge in [0, 0.05) is 35.2 Å². The molecule has 1 aliphatic heterocycles. The first kappa shape index (κ1) is 10.2. The third-order valence-corrected chi connectivity index (χ3v) is 2.76. The van der Waals surface area contributed by atoms with Crippen LogP contribution in [0.15, 0.2) is 0 Å². The number of hydrogen-bond acceptors (Lipinski definition) is 2. The summed E-state index contributed by atoms with van der Waals surface area (Å²) < 4.78 is 0.0514. The van der Waals surface area contributed by atoms with E-state index < -0.39 is 0 Å². The summed E-state index contributed by atoms with van der Waals surface area (Å²) in [5.74, 6) is 0. The summed E-state index contributed by atoms with van der Waals surface area (Å²) in [5.41, 5.74) is 0. The van der Waals surface area contributed by atoms with Crippen LogP contribution in [0.4, 0.5) is 4.79 Å². The zero-order valence-corrected chi connectivity index (χ0v) is 9.50. The lowest BCUT2D eigenvalue weighted by molar-refractivity contribution is 0.246. The first-order valence-corrected chi connectivity index (χ1v) is 5.49. The second-order valence-electron chi connectivity index (χ2n) is 3.08. The maximum absolute atomic E-state index is 10.7. The number of nitrogens with one attached hydrogen (secondary N) is 1. The van der Waals surface area contributed by atoms with Gasteiger partial charge >= 0.3 is 0 Å². The number of amides is 1. The number of carbonyl (C=O) groups excluding carboxylic acids is 1. The zero-order chi connectivity index (χ0) is 8.97. The van der Waals surface area contributed by atoms with Crippen LogP contribution >= 0.6 is 22.6 Å². The van der Waals surface area contributed by atoms with Crippen molar-refractivity contribution in [2.45, 2.75) is 25.8 Å². The van der Waals surface area contributed by atoms with Crippen molar-refractivity contribution in [3.63, 3.8) is 0 Å². The fourth-order valence-electron chi connectivity index (χ4n) is 1.74. The van der Waals surface area contributed by atoms with E-state index in [4.69, 9.17) is 0 Å². The number of hydrogen-bond donors (Lipinski definition) is 1. The molecule has 4 heteroatoms. The third-order valence-electron chi connectivity index (χ3n) is 2.38. The summed E-state index contributed by atoms with van der Waals surface area (Å²) in [4.78, 5) is 13.1. The Balaban J connectivity index is 2.26. The van der Waals surface area contributed by atoms with Gasteiger partial charge in [-0.2, -0.15) is 0 Å². The van der Waals surface area contributed by atoms with Crippen LogP contribution in [0, 0.1) is 0 Å². The van der Waals surface area contributed by atoms with Gasteiger partial charge in [-0.3, -0.25) is 9.69 Å². The van der Waals surface area contributed by atoms with Crippen molar-refractivity contribution in [1.82, 2.24) is 10.2 Å². The molecule has 1 amide bonds. The number of likely N-dealkylation sites (tertiary alicyclic amines) is 1. The molecule has 0 aromatic carbocycles. The highest BCUT2D eigenvalue weighted by molar-refractivity contribution is 14.1. The first-order valence-electron chi connectivity index (χ1n) is 4.41. The lowest BCUT2D eigenvalue weighted by atomic mass is 10.2. The molecule has 0 spiro atoms. The Kier molecular flexibility index (Phi) is 4.28. The molecule has 0 bridgehead atoms. The number of carbonyl (C=O) groups is 1. The normalized spacial score (nSPS) is 24.3. The highest BCUT2D eigenvalue weighted by Gasteiger charge is 2.22. The summed E-state index contributed by atoms with van der Waals surface area (Å²) in [6.07, 6.45) is 2.50. The van der Waals surface area contributed by atoms with E-state index in [-0.39, 0.29) is 3.91 Å². The highest BCUT2D eigenvalue weighted by Crippen LogP contribution is 2.15. The number of halogens is 1. The van der Waals surface area contributed by atoms with Crippen LogP contribution < -0.4 is 5.32 Å². The van der Waals surface area contributed by atoms with E-state index in [0.29, 0.717) is 6.04 Å². The average molecular weight is 282 g/mol. The lowest BCUT2D eigenvalue weighted by Crippen LogP contribution is -2.38. The van der Waals surface area contributed by atoms with Crippen LogP contribution in [0.1, 0.15) is 19.8 Å². The van der Waals surface area contributed by atoms with Crippen molar-refractivity contribution >= 4 is 26.5 Å². The van der Waals surface area contributed by atoms with Gasteiger partial charge in [0.05, 0.1) is 0 Å². The predicted molar refractivity (Wildman–Crippen MR) is 57.7 cm³/mol. The molecule has 1 fully saturated rings. The molecule has 0 aliphatic carbocycles. The van der Waals surface area contributed by atoms with Crippen molar-refractivity contribution in [2.24, 2.45) is 0 Å². The second-order valence-corrected chi connectivity index (χ2v) is 4.06. The van der Waals surface area contributed by atoms with Crippen molar-refractivity contribution in [2.75, 3.05) is 19.6 Å². The quantitative estimate of drug-likeness (QED) is 0.484. The molecule has 0 saturated carbocycles. The molecule has 70 valence electrons. The summed E-state index contributed by atoms with van der Waals surface area (Å²) in [5, 5.41) is 2.86. The zero-order valence-electron chi connectivity index (χ0n) is 7.35. The first-order chi connectivity index (χ1) is 5.74. The summed E-state index contributed by atoms with van der Waals surface area (Å²) in [6.45, 7) is 5.28. The van der Waals surface area contributed by atoms with Crippen LogP contribution in [0.2, 0.25) is 0 Å². The molecule has 1 unspecified atom stereocenters. The second kappa shape index (κ2) is 5.01. The van der Waals surface area contributed by atoms with Gasteiger partial charge < -0.3 is 5.32 Å². The van der Waals surface area contributed by atoms with Gasteiger partial charge in [0.25, 0.3) is 3.91 Å². The molecule has 1 saturated heterocycles. The minimum Gasteiger partial charge on any atom is -0.346 e. The highest BCUT2D eigenvalue weighted by atomic mass is 127. The lowest BCUT2D eigenvalue weighted by Gasteiger charge is -2.22. The van der Waals surface area contributed by atoms with Crippen molar-refractivity contribution < 1.29 is 4.79 Å². The monoisotopic (exact) mass is 282 g/mol. The molecule has 0 aromatic heterocycles. The Morgan fingerprint density at radius 1 is 1.75 bits per heavy atom. The van der Waals surface area contributed by atoms with Crippen LogP contribution in [0.3, 0.4) is 0 Å². The molecule has 3 nitrogen and oxygen atoms in total. The topological polar surface area (TPSA) is 32.3 Å². The summed E-state index contributed by atoms with van der Waals surface area (Å²) in [6, 6.07) is 0.578. The van der Waals surface area contributed by atoms with Gasteiger partial charge in [-0.15, -0.1) is 0 Å². The largest absolute Gasteiger partial charge is 0.346 e. The molecule has 0 radical (unpaired) electrons. The average Bonchev–Trinajstić information content (AvgIpc) is 2.47. The Hall–Kier alpha value is 0.160. The van der Waals surface area contributed by atoms with E-state index >= 15 is 0 Å². The molecule has 1 aliphatic rings. The van der Waals surface area contributed by atoms with Crippen LogP contribution in [0.5, 0.6) is 0 Å². The smallest absolute Gasteiger partial charge is 0.280 e. The molecule has 12 heavy (non-hydrogen) atoms. The Bertz CT molecular complexity index is 163. The molecule has 0 aromatic rings. The molecular weight excluding hydrogens is 267 g/mol.